The standard InChI is InChI=1S/C24H20O2/c1-16-9-3-5-11-18(16)15-21-23(25)20-13-7-8-14-22(20)26-24(21)19-12-6-4-10-17(19)2/h3-14H,15H2,1-2H3. The van der Waals surface area contributed by atoms with E-state index in [0.29, 0.717) is 28.7 Å². The molecule has 0 bridgehead atoms. The van der Waals surface area contributed by atoms with Gasteiger partial charge < -0.3 is 4.42 Å². The Morgan fingerprint density at radius 2 is 1.42 bits per heavy atom. The average Bonchev–Trinajstić information content (AvgIpc) is 2.66. The summed E-state index contributed by atoms with van der Waals surface area (Å²) in [4.78, 5) is 13.3. The molecule has 128 valence electrons. The summed E-state index contributed by atoms with van der Waals surface area (Å²) >= 11 is 0. The molecule has 0 saturated heterocycles. The Labute approximate surface area is 152 Å². The molecule has 0 radical (unpaired) electrons. The highest BCUT2D eigenvalue weighted by Gasteiger charge is 2.18. The van der Waals surface area contributed by atoms with E-state index in [1.165, 1.54) is 5.56 Å². The predicted molar refractivity (Wildman–Crippen MR) is 107 cm³/mol. The van der Waals surface area contributed by atoms with E-state index in [9.17, 15) is 4.79 Å². The van der Waals surface area contributed by atoms with Crippen LogP contribution in [-0.4, -0.2) is 0 Å². The second kappa shape index (κ2) is 6.64. The smallest absolute Gasteiger partial charge is 0.196 e. The third kappa shape index (κ3) is 2.84. The molecule has 26 heavy (non-hydrogen) atoms. The van der Waals surface area contributed by atoms with Crippen LogP contribution in [0.1, 0.15) is 22.3 Å². The lowest BCUT2D eigenvalue weighted by atomic mass is 9.95. The van der Waals surface area contributed by atoms with E-state index in [4.69, 9.17) is 4.42 Å². The molecule has 0 amide bonds. The van der Waals surface area contributed by atoms with E-state index in [0.717, 1.165) is 16.7 Å². The van der Waals surface area contributed by atoms with Gasteiger partial charge >= 0.3 is 0 Å². The topological polar surface area (TPSA) is 30.2 Å². The number of fused-ring (bicyclic) bond motifs is 1. The van der Waals surface area contributed by atoms with Gasteiger partial charge in [-0.25, -0.2) is 0 Å². The van der Waals surface area contributed by atoms with Crippen LogP contribution in [0, 0.1) is 13.8 Å². The van der Waals surface area contributed by atoms with Crippen LogP contribution in [0.3, 0.4) is 0 Å². The first-order chi connectivity index (χ1) is 12.6. The van der Waals surface area contributed by atoms with Crippen molar-refractivity contribution in [1.29, 1.82) is 0 Å². The third-order valence-electron chi connectivity index (χ3n) is 4.91. The van der Waals surface area contributed by atoms with E-state index in [1.54, 1.807) is 0 Å². The molecular formula is C24H20O2. The van der Waals surface area contributed by atoms with Crippen LogP contribution in [0.5, 0.6) is 0 Å². The Morgan fingerprint density at radius 1 is 0.769 bits per heavy atom. The summed E-state index contributed by atoms with van der Waals surface area (Å²) in [6.45, 7) is 4.12. The zero-order valence-electron chi connectivity index (χ0n) is 15.0. The van der Waals surface area contributed by atoms with Gasteiger partial charge in [-0.05, 0) is 42.7 Å². The quantitative estimate of drug-likeness (QED) is 0.481. The van der Waals surface area contributed by atoms with Crippen molar-refractivity contribution in [3.05, 3.63) is 105 Å². The Kier molecular flexibility index (Phi) is 4.18. The van der Waals surface area contributed by atoms with Gasteiger partial charge in [0.25, 0.3) is 0 Å². The van der Waals surface area contributed by atoms with E-state index in [1.807, 2.05) is 67.6 Å². The molecule has 0 N–H and O–H groups in total. The van der Waals surface area contributed by atoms with E-state index in [2.05, 4.69) is 19.1 Å². The molecule has 0 atom stereocenters. The van der Waals surface area contributed by atoms with E-state index >= 15 is 0 Å². The van der Waals surface area contributed by atoms with Crippen molar-refractivity contribution in [3.8, 4) is 11.3 Å². The molecule has 4 aromatic rings. The molecule has 3 aromatic carbocycles. The summed E-state index contributed by atoms with van der Waals surface area (Å²) in [5.41, 5.74) is 5.78. The second-order valence-corrected chi connectivity index (χ2v) is 6.65. The van der Waals surface area contributed by atoms with Crippen LogP contribution in [-0.2, 0) is 6.42 Å². The minimum absolute atomic E-state index is 0.0494. The van der Waals surface area contributed by atoms with E-state index < -0.39 is 0 Å². The summed E-state index contributed by atoms with van der Waals surface area (Å²) < 4.78 is 6.25. The number of para-hydroxylation sites is 1. The largest absolute Gasteiger partial charge is 0.456 e. The molecule has 0 aliphatic carbocycles. The predicted octanol–water partition coefficient (Wildman–Crippen LogP) is 5.67. The van der Waals surface area contributed by atoms with Crippen molar-refractivity contribution in [1.82, 2.24) is 0 Å². The van der Waals surface area contributed by atoms with Crippen molar-refractivity contribution in [2.24, 2.45) is 0 Å². The molecule has 1 heterocycles. The van der Waals surface area contributed by atoms with Gasteiger partial charge in [0, 0.05) is 17.5 Å². The highest BCUT2D eigenvalue weighted by atomic mass is 16.3. The highest BCUT2D eigenvalue weighted by Crippen LogP contribution is 2.30. The normalized spacial score (nSPS) is 11.0. The monoisotopic (exact) mass is 340 g/mol. The number of benzene rings is 3. The van der Waals surface area contributed by atoms with Gasteiger partial charge in [0.15, 0.2) is 5.43 Å². The lowest BCUT2D eigenvalue weighted by Crippen LogP contribution is -2.12. The van der Waals surface area contributed by atoms with Gasteiger partial charge in [0.1, 0.15) is 11.3 Å². The number of rotatable bonds is 3. The number of hydrogen-bond acceptors (Lipinski definition) is 2. The Morgan fingerprint density at radius 3 is 2.19 bits per heavy atom. The van der Waals surface area contributed by atoms with E-state index in [-0.39, 0.29) is 5.43 Å². The fourth-order valence-electron chi connectivity index (χ4n) is 3.39. The van der Waals surface area contributed by atoms with Gasteiger partial charge in [-0.1, -0.05) is 60.7 Å². The summed E-state index contributed by atoms with van der Waals surface area (Å²) in [5, 5.41) is 0.633. The molecule has 4 rings (SSSR count). The fraction of sp³-hybridized carbons (Fsp3) is 0.125. The fourth-order valence-corrected chi connectivity index (χ4v) is 3.39. The third-order valence-corrected chi connectivity index (χ3v) is 4.91. The Hall–Kier alpha value is -3.13. The van der Waals surface area contributed by atoms with Gasteiger partial charge in [0.2, 0.25) is 0 Å². The molecule has 0 fully saturated rings. The highest BCUT2D eigenvalue weighted by molar-refractivity contribution is 5.81. The summed E-state index contributed by atoms with van der Waals surface area (Å²) in [5.74, 6) is 0.676. The van der Waals surface area contributed by atoms with Gasteiger partial charge in [0.05, 0.1) is 5.39 Å². The van der Waals surface area contributed by atoms with Gasteiger partial charge in [-0.2, -0.15) is 0 Å². The molecule has 2 heteroatoms. The zero-order chi connectivity index (χ0) is 18.1. The summed E-state index contributed by atoms with van der Waals surface area (Å²) in [6.07, 6.45) is 0.559. The molecule has 1 aromatic heterocycles. The maximum absolute atomic E-state index is 13.3. The number of hydrogen-bond donors (Lipinski definition) is 0. The lowest BCUT2D eigenvalue weighted by Gasteiger charge is -2.13. The number of aryl methyl sites for hydroxylation is 2. The summed E-state index contributed by atoms with van der Waals surface area (Å²) in [7, 11) is 0. The zero-order valence-corrected chi connectivity index (χ0v) is 15.0. The van der Waals surface area contributed by atoms with Crippen LogP contribution in [0.15, 0.2) is 82.0 Å². The maximum Gasteiger partial charge on any atom is 0.196 e. The minimum atomic E-state index is 0.0494. The molecule has 0 spiro atoms. The lowest BCUT2D eigenvalue weighted by molar-refractivity contribution is 0.611. The first kappa shape index (κ1) is 16.3. The molecule has 2 nitrogen and oxygen atoms in total. The SMILES string of the molecule is Cc1ccccc1Cc1c(-c2ccccc2C)oc2ccccc2c1=O. The van der Waals surface area contributed by atoms with Crippen molar-refractivity contribution < 1.29 is 4.42 Å². The molecular weight excluding hydrogens is 320 g/mol. The Bertz CT molecular complexity index is 1150. The van der Waals surface area contributed by atoms with Crippen LogP contribution in [0.2, 0.25) is 0 Å². The van der Waals surface area contributed by atoms with Crippen molar-refractivity contribution in [3.63, 3.8) is 0 Å². The first-order valence-corrected chi connectivity index (χ1v) is 8.80. The van der Waals surface area contributed by atoms with Gasteiger partial charge in [-0.15, -0.1) is 0 Å². The second-order valence-electron chi connectivity index (χ2n) is 6.65. The molecule has 0 aliphatic heterocycles. The van der Waals surface area contributed by atoms with Crippen LogP contribution in [0.4, 0.5) is 0 Å². The summed E-state index contributed by atoms with van der Waals surface area (Å²) in [6, 6.07) is 23.7. The van der Waals surface area contributed by atoms with Crippen molar-refractivity contribution >= 4 is 11.0 Å². The van der Waals surface area contributed by atoms with Crippen LogP contribution >= 0.6 is 0 Å². The minimum Gasteiger partial charge on any atom is -0.456 e. The first-order valence-electron chi connectivity index (χ1n) is 8.80. The molecule has 0 aliphatic rings. The maximum atomic E-state index is 13.3. The Balaban J connectivity index is 2.02. The van der Waals surface area contributed by atoms with Crippen molar-refractivity contribution in [2.45, 2.75) is 20.3 Å². The van der Waals surface area contributed by atoms with Crippen molar-refractivity contribution in [2.75, 3.05) is 0 Å². The molecule has 0 unspecified atom stereocenters. The van der Waals surface area contributed by atoms with Crippen LogP contribution in [0.25, 0.3) is 22.3 Å². The average molecular weight is 340 g/mol. The molecule has 0 saturated carbocycles. The van der Waals surface area contributed by atoms with Crippen LogP contribution < -0.4 is 5.43 Å². The van der Waals surface area contributed by atoms with Gasteiger partial charge in [-0.3, -0.25) is 4.79 Å².